The van der Waals surface area contributed by atoms with Gasteiger partial charge in [0.05, 0.1) is 38.4 Å². The Kier molecular flexibility index (Phi) is 8.42. The molecule has 1 aliphatic rings. The first kappa shape index (κ1) is 25.0. The lowest BCUT2D eigenvalue weighted by molar-refractivity contribution is -0.122. The van der Waals surface area contributed by atoms with Gasteiger partial charge in [-0.2, -0.15) is 0 Å². The largest absolute Gasteiger partial charge is 0.493 e. The van der Waals surface area contributed by atoms with Crippen LogP contribution in [0, 0.1) is 0 Å². The predicted octanol–water partition coefficient (Wildman–Crippen LogP) is 3.58. The molecule has 1 N–H and O–H groups in total. The Balaban J connectivity index is 1.65. The summed E-state index contributed by atoms with van der Waals surface area (Å²) in [5.41, 5.74) is 0.990. The normalized spacial score (nSPS) is 14.4. The fourth-order valence-electron chi connectivity index (χ4n) is 3.34. The highest BCUT2D eigenvalue weighted by molar-refractivity contribution is 8.18. The Morgan fingerprint density at radius 3 is 2.47 bits per heavy atom. The molecular formula is C24H26N2O7S. The lowest BCUT2D eigenvalue weighted by Gasteiger charge is -2.15. The molecule has 1 fully saturated rings. The van der Waals surface area contributed by atoms with Crippen LogP contribution in [0.15, 0.2) is 41.3 Å². The summed E-state index contributed by atoms with van der Waals surface area (Å²) in [5.74, 6) is 1.04. The highest BCUT2D eigenvalue weighted by Gasteiger charge is 2.34. The van der Waals surface area contributed by atoms with E-state index in [-0.39, 0.29) is 18.0 Å². The molecule has 10 heteroatoms. The lowest BCUT2D eigenvalue weighted by Crippen LogP contribution is -2.37. The summed E-state index contributed by atoms with van der Waals surface area (Å²) in [6, 6.07) is 10.2. The number of nitrogens with one attached hydrogen (secondary N) is 1. The third-order valence-electron chi connectivity index (χ3n) is 4.93. The van der Waals surface area contributed by atoms with E-state index in [0.29, 0.717) is 40.7 Å². The third-order valence-corrected chi connectivity index (χ3v) is 5.83. The fourth-order valence-corrected chi connectivity index (χ4v) is 4.20. The monoisotopic (exact) mass is 486 g/mol. The van der Waals surface area contributed by atoms with Crippen molar-refractivity contribution in [3.63, 3.8) is 0 Å². The molecule has 180 valence electrons. The number of amides is 3. The van der Waals surface area contributed by atoms with Crippen LogP contribution in [-0.4, -0.2) is 63.0 Å². The van der Waals surface area contributed by atoms with Crippen LogP contribution in [-0.2, 0) is 4.79 Å². The summed E-state index contributed by atoms with van der Waals surface area (Å²) >= 11 is 0.848. The van der Waals surface area contributed by atoms with E-state index in [1.54, 1.807) is 42.5 Å². The van der Waals surface area contributed by atoms with Crippen molar-refractivity contribution in [2.75, 3.05) is 41.0 Å². The van der Waals surface area contributed by atoms with Crippen molar-refractivity contribution < 1.29 is 33.3 Å². The number of hydrogen-bond donors (Lipinski definition) is 1. The molecule has 34 heavy (non-hydrogen) atoms. The molecule has 0 spiro atoms. The number of nitrogens with zero attached hydrogens (tertiary/aromatic N) is 1. The molecule has 1 aliphatic heterocycles. The van der Waals surface area contributed by atoms with Gasteiger partial charge in [-0.05, 0) is 54.6 Å². The summed E-state index contributed by atoms with van der Waals surface area (Å²) in [6.45, 7) is 2.49. The van der Waals surface area contributed by atoms with Gasteiger partial charge >= 0.3 is 0 Å². The number of carbonyl (C=O) groups is 3. The van der Waals surface area contributed by atoms with Gasteiger partial charge in [-0.15, -0.1) is 0 Å². The van der Waals surface area contributed by atoms with E-state index in [1.807, 2.05) is 6.92 Å². The Hall–Kier alpha value is -3.66. The number of imide groups is 1. The summed E-state index contributed by atoms with van der Waals surface area (Å²) in [6.07, 6.45) is 1.63. The van der Waals surface area contributed by atoms with Crippen LogP contribution in [0.1, 0.15) is 22.8 Å². The molecule has 2 aromatic carbocycles. The van der Waals surface area contributed by atoms with Gasteiger partial charge < -0.3 is 24.3 Å². The van der Waals surface area contributed by atoms with E-state index in [2.05, 4.69) is 5.32 Å². The molecule has 0 aliphatic carbocycles. The van der Waals surface area contributed by atoms with Gasteiger partial charge in [0.25, 0.3) is 17.1 Å². The maximum Gasteiger partial charge on any atom is 0.293 e. The van der Waals surface area contributed by atoms with Gasteiger partial charge in [0.15, 0.2) is 23.0 Å². The highest BCUT2D eigenvalue weighted by atomic mass is 32.2. The average Bonchev–Trinajstić information content (AvgIpc) is 3.11. The van der Waals surface area contributed by atoms with Crippen molar-refractivity contribution in [1.82, 2.24) is 10.2 Å². The summed E-state index contributed by atoms with van der Waals surface area (Å²) in [5, 5.41) is 2.31. The average molecular weight is 487 g/mol. The number of hydrogen-bond acceptors (Lipinski definition) is 8. The second-order valence-corrected chi connectivity index (χ2v) is 7.97. The quantitative estimate of drug-likeness (QED) is 0.509. The minimum Gasteiger partial charge on any atom is -0.493 e. The van der Waals surface area contributed by atoms with E-state index in [4.69, 9.17) is 18.9 Å². The first-order valence-electron chi connectivity index (χ1n) is 10.5. The number of para-hydroxylation sites is 1. The van der Waals surface area contributed by atoms with Crippen molar-refractivity contribution in [3.05, 3.63) is 52.4 Å². The van der Waals surface area contributed by atoms with Crippen LogP contribution >= 0.6 is 11.8 Å². The van der Waals surface area contributed by atoms with Gasteiger partial charge in [-0.1, -0.05) is 12.1 Å². The third kappa shape index (κ3) is 5.45. The molecule has 0 unspecified atom stereocenters. The van der Waals surface area contributed by atoms with E-state index in [1.165, 1.54) is 21.3 Å². The van der Waals surface area contributed by atoms with E-state index >= 15 is 0 Å². The van der Waals surface area contributed by atoms with E-state index in [0.717, 1.165) is 16.7 Å². The van der Waals surface area contributed by atoms with E-state index < -0.39 is 17.1 Å². The zero-order valence-electron chi connectivity index (χ0n) is 19.4. The minimum atomic E-state index is -0.420. The molecule has 1 saturated heterocycles. The first-order chi connectivity index (χ1) is 16.4. The number of rotatable bonds is 10. The predicted molar refractivity (Wildman–Crippen MR) is 129 cm³/mol. The molecule has 9 nitrogen and oxygen atoms in total. The zero-order chi connectivity index (χ0) is 24.7. The van der Waals surface area contributed by atoms with Gasteiger partial charge in [0.2, 0.25) is 0 Å². The van der Waals surface area contributed by atoms with Crippen molar-refractivity contribution in [1.29, 1.82) is 0 Å². The Labute approximate surface area is 202 Å². The molecular weight excluding hydrogens is 460 g/mol. The van der Waals surface area contributed by atoms with Crippen LogP contribution in [0.2, 0.25) is 0 Å². The second-order valence-electron chi connectivity index (χ2n) is 6.97. The van der Waals surface area contributed by atoms with Gasteiger partial charge in [-0.3, -0.25) is 19.3 Å². The van der Waals surface area contributed by atoms with Gasteiger partial charge in [0.1, 0.15) is 0 Å². The smallest absolute Gasteiger partial charge is 0.293 e. The number of ether oxygens (including phenoxy) is 4. The molecule has 0 bridgehead atoms. The van der Waals surface area contributed by atoms with Gasteiger partial charge in [-0.25, -0.2) is 0 Å². The molecule has 1 heterocycles. The standard InChI is InChI=1S/C24H26N2O7S/c1-5-33-17-10-9-15(13-19(17)31-3)14-20-23(28)26(24(29)34-20)12-11-25-22(27)16-7-6-8-18(30-2)21(16)32-4/h6-10,13-14H,5,11-12H2,1-4H3,(H,25,27)/b20-14-. The summed E-state index contributed by atoms with van der Waals surface area (Å²) in [4.78, 5) is 39.2. The van der Waals surface area contributed by atoms with Crippen molar-refractivity contribution >= 4 is 34.9 Å². The number of carbonyl (C=O) groups excluding carboxylic acids is 3. The Morgan fingerprint density at radius 1 is 1.03 bits per heavy atom. The minimum absolute atomic E-state index is 0.0344. The molecule has 2 aromatic rings. The SMILES string of the molecule is CCOc1ccc(/C=C2\SC(=O)N(CCNC(=O)c3cccc(OC)c3OC)C2=O)cc1OC. The molecule has 3 rings (SSSR count). The van der Waals surface area contributed by atoms with Gasteiger partial charge in [0, 0.05) is 13.1 Å². The molecule has 0 saturated carbocycles. The maximum absolute atomic E-state index is 12.8. The molecule has 0 radical (unpaired) electrons. The second kappa shape index (κ2) is 11.5. The van der Waals surface area contributed by atoms with Crippen LogP contribution in [0.5, 0.6) is 23.0 Å². The maximum atomic E-state index is 12.8. The Morgan fingerprint density at radius 2 is 1.79 bits per heavy atom. The molecule has 0 atom stereocenters. The number of thioether (sulfide) groups is 1. The fraction of sp³-hybridized carbons (Fsp3) is 0.292. The van der Waals surface area contributed by atoms with Crippen LogP contribution in [0.3, 0.4) is 0 Å². The van der Waals surface area contributed by atoms with Crippen molar-refractivity contribution in [2.45, 2.75) is 6.92 Å². The zero-order valence-corrected chi connectivity index (χ0v) is 20.2. The first-order valence-corrected chi connectivity index (χ1v) is 11.3. The molecule has 0 aromatic heterocycles. The van der Waals surface area contributed by atoms with Crippen LogP contribution in [0.4, 0.5) is 4.79 Å². The van der Waals surface area contributed by atoms with Crippen molar-refractivity contribution in [2.24, 2.45) is 0 Å². The highest BCUT2D eigenvalue weighted by Crippen LogP contribution is 2.34. The number of benzene rings is 2. The van der Waals surface area contributed by atoms with Crippen LogP contribution in [0.25, 0.3) is 6.08 Å². The summed E-state index contributed by atoms with van der Waals surface area (Å²) in [7, 11) is 4.46. The van der Waals surface area contributed by atoms with Crippen LogP contribution < -0.4 is 24.3 Å². The lowest BCUT2D eigenvalue weighted by atomic mass is 10.1. The summed E-state index contributed by atoms with van der Waals surface area (Å²) < 4.78 is 21.3. The topological polar surface area (TPSA) is 103 Å². The van der Waals surface area contributed by atoms with Crippen molar-refractivity contribution in [3.8, 4) is 23.0 Å². The Bertz CT molecular complexity index is 1120. The molecule has 3 amide bonds. The van der Waals surface area contributed by atoms with E-state index in [9.17, 15) is 14.4 Å². The number of methoxy groups -OCH3 is 3.